The predicted molar refractivity (Wildman–Crippen MR) is 91.6 cm³/mol. The standard InChI is InChI=1S/C16H21N5O3/c1-16(2,10-22)12(11-6-4-3-5-7-11)8-18-15-19-9-13(21(23)24)14(17)20-15/h3-7,9,12,22H,8,10H2,1-2H3,(H3,17,18,19,20). The van der Waals surface area contributed by atoms with E-state index in [9.17, 15) is 15.2 Å². The minimum Gasteiger partial charge on any atom is -0.396 e. The molecule has 0 aliphatic carbocycles. The maximum absolute atomic E-state index is 10.8. The minimum absolute atomic E-state index is 0.0104. The maximum atomic E-state index is 10.8. The lowest BCUT2D eigenvalue weighted by Gasteiger charge is -2.33. The normalized spacial score (nSPS) is 12.6. The van der Waals surface area contributed by atoms with Crippen LogP contribution in [0.2, 0.25) is 0 Å². The third-order valence-corrected chi connectivity index (χ3v) is 4.01. The summed E-state index contributed by atoms with van der Waals surface area (Å²) in [6.45, 7) is 4.40. The van der Waals surface area contributed by atoms with E-state index >= 15 is 0 Å². The second-order valence-electron chi connectivity index (χ2n) is 6.21. The number of anilines is 2. The molecule has 0 radical (unpaired) electrons. The van der Waals surface area contributed by atoms with Gasteiger partial charge in [0, 0.05) is 19.1 Å². The lowest BCUT2D eigenvalue weighted by Crippen LogP contribution is -2.31. The highest BCUT2D eigenvalue weighted by Gasteiger charge is 2.30. The molecular formula is C16H21N5O3. The van der Waals surface area contributed by atoms with Gasteiger partial charge in [0.05, 0.1) is 4.92 Å². The van der Waals surface area contributed by atoms with Crippen LogP contribution in [-0.4, -0.2) is 33.1 Å². The summed E-state index contributed by atoms with van der Waals surface area (Å²) in [5.41, 5.74) is 5.95. The Morgan fingerprint density at radius 1 is 1.38 bits per heavy atom. The number of nitrogen functional groups attached to an aromatic ring is 1. The van der Waals surface area contributed by atoms with E-state index in [-0.39, 0.29) is 35.4 Å². The molecule has 1 aromatic heterocycles. The number of rotatable bonds is 7. The molecule has 1 unspecified atom stereocenters. The number of nitrogens with two attached hydrogens (primary N) is 1. The molecule has 0 saturated carbocycles. The first kappa shape index (κ1) is 17.6. The van der Waals surface area contributed by atoms with E-state index in [0.717, 1.165) is 11.8 Å². The molecule has 24 heavy (non-hydrogen) atoms. The molecule has 0 saturated heterocycles. The molecule has 2 aromatic rings. The lowest BCUT2D eigenvalue weighted by molar-refractivity contribution is -0.384. The molecule has 8 nitrogen and oxygen atoms in total. The first-order valence-electron chi connectivity index (χ1n) is 7.51. The smallest absolute Gasteiger partial charge is 0.329 e. The average Bonchev–Trinajstić information content (AvgIpc) is 2.55. The summed E-state index contributed by atoms with van der Waals surface area (Å²) in [5.74, 6) is 0.0201. The molecule has 128 valence electrons. The second kappa shape index (κ2) is 7.22. The van der Waals surface area contributed by atoms with Crippen molar-refractivity contribution in [3.63, 3.8) is 0 Å². The number of hydrogen-bond acceptors (Lipinski definition) is 7. The molecule has 0 fully saturated rings. The van der Waals surface area contributed by atoms with Gasteiger partial charge in [-0.3, -0.25) is 10.1 Å². The summed E-state index contributed by atoms with van der Waals surface area (Å²) in [6.07, 6.45) is 1.08. The molecule has 0 aliphatic rings. The van der Waals surface area contributed by atoms with Gasteiger partial charge >= 0.3 is 5.69 Å². The summed E-state index contributed by atoms with van der Waals surface area (Å²) in [5, 5.41) is 23.5. The van der Waals surface area contributed by atoms with Gasteiger partial charge in [-0.25, -0.2) is 4.98 Å². The zero-order valence-corrected chi connectivity index (χ0v) is 13.6. The number of nitro groups is 1. The Morgan fingerprint density at radius 3 is 2.58 bits per heavy atom. The van der Waals surface area contributed by atoms with Gasteiger partial charge in [-0.1, -0.05) is 44.2 Å². The SMILES string of the molecule is CC(C)(CO)C(CNc1ncc([N+](=O)[O-])c(N)n1)c1ccccc1. The number of aliphatic hydroxyl groups excluding tert-OH is 1. The van der Waals surface area contributed by atoms with Gasteiger partial charge in [0.1, 0.15) is 6.20 Å². The van der Waals surface area contributed by atoms with Crippen molar-refractivity contribution < 1.29 is 10.0 Å². The number of hydrogen-bond donors (Lipinski definition) is 3. The number of nitrogens with one attached hydrogen (secondary N) is 1. The van der Waals surface area contributed by atoms with Crippen LogP contribution in [0.3, 0.4) is 0 Å². The fourth-order valence-corrected chi connectivity index (χ4v) is 2.45. The van der Waals surface area contributed by atoms with Crippen molar-refractivity contribution in [2.24, 2.45) is 5.41 Å². The van der Waals surface area contributed by atoms with Crippen LogP contribution in [0.4, 0.5) is 17.5 Å². The van der Waals surface area contributed by atoms with E-state index in [4.69, 9.17) is 5.73 Å². The molecule has 1 heterocycles. The highest BCUT2D eigenvalue weighted by atomic mass is 16.6. The first-order chi connectivity index (χ1) is 11.3. The summed E-state index contributed by atoms with van der Waals surface area (Å²) < 4.78 is 0. The average molecular weight is 331 g/mol. The van der Waals surface area contributed by atoms with Crippen LogP contribution in [0, 0.1) is 15.5 Å². The molecule has 0 amide bonds. The first-order valence-corrected chi connectivity index (χ1v) is 7.51. The summed E-state index contributed by atoms with van der Waals surface area (Å²) >= 11 is 0. The monoisotopic (exact) mass is 331 g/mol. The number of benzene rings is 1. The third kappa shape index (κ3) is 3.96. The Balaban J connectivity index is 2.19. The molecule has 0 spiro atoms. The molecule has 0 bridgehead atoms. The quantitative estimate of drug-likeness (QED) is 0.524. The summed E-state index contributed by atoms with van der Waals surface area (Å²) in [6, 6.07) is 9.80. The highest BCUT2D eigenvalue weighted by Crippen LogP contribution is 2.35. The van der Waals surface area contributed by atoms with Gasteiger partial charge in [-0.2, -0.15) is 4.98 Å². The van der Waals surface area contributed by atoms with Gasteiger partial charge in [0.15, 0.2) is 0 Å². The van der Waals surface area contributed by atoms with E-state index in [0.29, 0.717) is 6.54 Å². The molecule has 0 aliphatic heterocycles. The van der Waals surface area contributed by atoms with Crippen LogP contribution in [0.25, 0.3) is 0 Å². The highest BCUT2D eigenvalue weighted by molar-refractivity contribution is 5.53. The van der Waals surface area contributed by atoms with Crippen LogP contribution in [0.1, 0.15) is 25.3 Å². The molecule has 4 N–H and O–H groups in total. The Hall–Kier alpha value is -2.74. The molecular weight excluding hydrogens is 310 g/mol. The van der Waals surface area contributed by atoms with Crippen molar-refractivity contribution in [1.82, 2.24) is 9.97 Å². The fourth-order valence-electron chi connectivity index (χ4n) is 2.45. The van der Waals surface area contributed by atoms with Crippen molar-refractivity contribution in [3.05, 3.63) is 52.2 Å². The van der Waals surface area contributed by atoms with E-state index in [1.54, 1.807) is 0 Å². The zero-order chi connectivity index (χ0) is 17.7. The van der Waals surface area contributed by atoms with Crippen LogP contribution in [-0.2, 0) is 0 Å². The minimum atomic E-state index is -0.624. The van der Waals surface area contributed by atoms with Crippen LogP contribution >= 0.6 is 0 Å². The second-order valence-corrected chi connectivity index (χ2v) is 6.21. The Bertz CT molecular complexity index is 706. The van der Waals surface area contributed by atoms with Gasteiger partial charge in [0.2, 0.25) is 11.8 Å². The largest absolute Gasteiger partial charge is 0.396 e. The third-order valence-electron chi connectivity index (χ3n) is 4.01. The van der Waals surface area contributed by atoms with Gasteiger partial charge < -0.3 is 16.2 Å². The van der Waals surface area contributed by atoms with Gasteiger partial charge in [-0.15, -0.1) is 0 Å². The summed E-state index contributed by atoms with van der Waals surface area (Å²) in [7, 11) is 0. The Labute approximate surface area is 139 Å². The van der Waals surface area contributed by atoms with Gasteiger partial charge in [0.25, 0.3) is 0 Å². The van der Waals surface area contributed by atoms with Crippen molar-refractivity contribution in [2.45, 2.75) is 19.8 Å². The van der Waals surface area contributed by atoms with Crippen molar-refractivity contribution in [2.75, 3.05) is 24.2 Å². The van der Waals surface area contributed by atoms with Gasteiger partial charge in [-0.05, 0) is 11.0 Å². The van der Waals surface area contributed by atoms with E-state index in [2.05, 4.69) is 15.3 Å². The van der Waals surface area contributed by atoms with Crippen molar-refractivity contribution in [3.8, 4) is 0 Å². The lowest BCUT2D eigenvalue weighted by atomic mass is 9.75. The Kier molecular flexibility index (Phi) is 5.30. The number of aliphatic hydroxyl groups is 1. The molecule has 2 rings (SSSR count). The molecule has 1 atom stereocenters. The predicted octanol–water partition coefficient (Wildman–Crippen LogP) is 2.18. The molecule has 1 aromatic carbocycles. The summed E-state index contributed by atoms with van der Waals surface area (Å²) in [4.78, 5) is 18.0. The van der Waals surface area contributed by atoms with Crippen molar-refractivity contribution >= 4 is 17.5 Å². The van der Waals surface area contributed by atoms with E-state index in [1.165, 1.54) is 0 Å². The number of aromatic nitrogens is 2. The topological polar surface area (TPSA) is 127 Å². The molecule has 8 heteroatoms. The Morgan fingerprint density at radius 2 is 2.04 bits per heavy atom. The number of nitrogens with zero attached hydrogens (tertiary/aromatic N) is 3. The zero-order valence-electron chi connectivity index (χ0n) is 13.6. The van der Waals surface area contributed by atoms with Crippen LogP contribution in [0.5, 0.6) is 0 Å². The van der Waals surface area contributed by atoms with Crippen LogP contribution < -0.4 is 11.1 Å². The van der Waals surface area contributed by atoms with E-state index in [1.807, 2.05) is 44.2 Å². The van der Waals surface area contributed by atoms with Crippen molar-refractivity contribution in [1.29, 1.82) is 0 Å². The van der Waals surface area contributed by atoms with Crippen LogP contribution in [0.15, 0.2) is 36.5 Å². The van der Waals surface area contributed by atoms with E-state index < -0.39 is 4.92 Å². The fraction of sp³-hybridized carbons (Fsp3) is 0.375. The maximum Gasteiger partial charge on any atom is 0.329 e.